The summed E-state index contributed by atoms with van der Waals surface area (Å²) in [6.07, 6.45) is 22.3. The van der Waals surface area contributed by atoms with E-state index in [0.717, 1.165) is 12.8 Å². The molecule has 0 aromatic rings. The van der Waals surface area contributed by atoms with Crippen LogP contribution >= 0.6 is 8.60 Å². The van der Waals surface area contributed by atoms with Crippen molar-refractivity contribution >= 4 is 8.60 Å². The molecule has 0 saturated heterocycles. The van der Waals surface area contributed by atoms with Crippen LogP contribution in [-0.2, 0) is 4.52 Å². The van der Waals surface area contributed by atoms with Crippen molar-refractivity contribution in [3.8, 4) is 0 Å². The molecule has 0 fully saturated rings. The molecule has 0 spiro atoms. The third-order valence-electron chi connectivity index (χ3n) is 3.85. The summed E-state index contributed by atoms with van der Waals surface area (Å²) < 4.78 is 4.51. The summed E-state index contributed by atoms with van der Waals surface area (Å²) in [6.45, 7) is 2.61. The van der Waals surface area contributed by atoms with Gasteiger partial charge in [-0.3, -0.25) is 0 Å². The SMILES string of the molecule is CCCCCCCC/C=C\CCCCCCCCOP([O-])[O-].[Na+].[Na+]. The Bertz CT molecular complexity index is 242. The first-order valence-corrected chi connectivity index (χ1v) is 10.3. The molecule has 0 aliphatic heterocycles. The van der Waals surface area contributed by atoms with Crippen LogP contribution in [0, 0.1) is 0 Å². The molecule has 0 amide bonds. The Kier molecular flexibility index (Phi) is 35.0. The molecule has 0 aromatic carbocycles. The molecule has 0 bridgehead atoms. The predicted molar refractivity (Wildman–Crippen MR) is 92.3 cm³/mol. The average molecular weight is 376 g/mol. The van der Waals surface area contributed by atoms with E-state index in [2.05, 4.69) is 23.6 Å². The van der Waals surface area contributed by atoms with E-state index in [4.69, 9.17) is 0 Å². The van der Waals surface area contributed by atoms with E-state index >= 15 is 0 Å². The fourth-order valence-corrected chi connectivity index (χ4v) is 2.77. The second-order valence-electron chi connectivity index (χ2n) is 5.99. The van der Waals surface area contributed by atoms with E-state index in [9.17, 15) is 9.79 Å². The maximum absolute atomic E-state index is 10.2. The second kappa shape index (κ2) is 27.3. The van der Waals surface area contributed by atoms with E-state index in [1.807, 2.05) is 0 Å². The van der Waals surface area contributed by atoms with E-state index in [1.165, 1.54) is 77.0 Å². The van der Waals surface area contributed by atoms with Crippen molar-refractivity contribution in [3.63, 3.8) is 0 Å². The van der Waals surface area contributed by atoms with Crippen molar-refractivity contribution in [2.75, 3.05) is 6.61 Å². The zero-order valence-electron chi connectivity index (χ0n) is 16.4. The molecule has 0 aliphatic carbocycles. The molecule has 0 heterocycles. The summed E-state index contributed by atoms with van der Waals surface area (Å²) in [6, 6.07) is 0. The van der Waals surface area contributed by atoms with Crippen LogP contribution < -0.4 is 68.9 Å². The number of allylic oxidation sites excluding steroid dienone is 2. The van der Waals surface area contributed by atoms with E-state index in [1.54, 1.807) is 0 Å². The number of unbranched alkanes of at least 4 members (excludes halogenated alkanes) is 12. The van der Waals surface area contributed by atoms with Crippen LogP contribution in [0.5, 0.6) is 0 Å². The van der Waals surface area contributed by atoms with Gasteiger partial charge in [0.25, 0.3) is 0 Å². The fourth-order valence-electron chi connectivity index (χ4n) is 2.49. The quantitative estimate of drug-likeness (QED) is 0.142. The Labute approximate surface area is 196 Å². The van der Waals surface area contributed by atoms with Gasteiger partial charge in [0, 0.05) is 6.61 Å². The Balaban J connectivity index is -0.00000220. The summed E-state index contributed by atoms with van der Waals surface area (Å²) >= 11 is 0. The van der Waals surface area contributed by atoms with Gasteiger partial charge in [-0.05, 0) is 32.1 Å². The second-order valence-corrected chi connectivity index (χ2v) is 6.70. The van der Waals surface area contributed by atoms with Crippen molar-refractivity contribution in [1.82, 2.24) is 0 Å². The molecule has 0 N–H and O–H groups in total. The van der Waals surface area contributed by atoms with E-state index in [-0.39, 0.29) is 59.1 Å². The Morgan fingerprint density at radius 2 is 1.08 bits per heavy atom. The van der Waals surface area contributed by atoms with Gasteiger partial charge in [-0.2, -0.15) is 8.60 Å². The summed E-state index contributed by atoms with van der Waals surface area (Å²) in [5, 5.41) is 0. The maximum Gasteiger partial charge on any atom is 1.00 e. The minimum absolute atomic E-state index is 0. The minimum Gasteiger partial charge on any atom is -0.820 e. The van der Waals surface area contributed by atoms with Crippen LogP contribution in [0.4, 0.5) is 0 Å². The zero-order chi connectivity index (χ0) is 16.3. The summed E-state index contributed by atoms with van der Waals surface area (Å²) in [4.78, 5) is 20.3. The van der Waals surface area contributed by atoms with Gasteiger partial charge in [-0.1, -0.05) is 76.9 Å². The average Bonchev–Trinajstić information content (AvgIpc) is 2.50. The molecule has 0 radical (unpaired) electrons. The standard InChI is InChI=1S/C18H35O3P.2Na/c1-2-3-4-5-6-7-8-9-10-11-12-13-14-15-16-17-18-21-22(19)20;;/h9-10H,2-8,11-18H2,1H3;;/q-2;2*+1/b10-9-;;. The molecule has 24 heavy (non-hydrogen) atoms. The van der Waals surface area contributed by atoms with Gasteiger partial charge < -0.3 is 14.3 Å². The monoisotopic (exact) mass is 376 g/mol. The third kappa shape index (κ3) is 28.8. The molecule has 0 unspecified atom stereocenters. The zero-order valence-corrected chi connectivity index (χ0v) is 21.3. The molecule has 132 valence electrons. The topological polar surface area (TPSA) is 55.3 Å². The van der Waals surface area contributed by atoms with Gasteiger partial charge in [0.2, 0.25) is 0 Å². The molecular formula is C18H35Na2O3P. The predicted octanol–water partition coefficient (Wildman–Crippen LogP) is -1.00. The smallest absolute Gasteiger partial charge is 0.820 e. The third-order valence-corrected chi connectivity index (χ3v) is 4.25. The van der Waals surface area contributed by atoms with Gasteiger partial charge >= 0.3 is 59.1 Å². The molecule has 0 saturated carbocycles. The number of rotatable bonds is 17. The minimum atomic E-state index is -2.65. The molecule has 0 aliphatic rings. The Hall–Kier alpha value is 2.05. The molecule has 0 aromatic heterocycles. The largest absolute Gasteiger partial charge is 1.00 e. The van der Waals surface area contributed by atoms with E-state index < -0.39 is 8.60 Å². The van der Waals surface area contributed by atoms with Crippen molar-refractivity contribution in [2.45, 2.75) is 96.8 Å². The number of hydrogen-bond acceptors (Lipinski definition) is 3. The first-order chi connectivity index (χ1) is 10.8. The van der Waals surface area contributed by atoms with Crippen LogP contribution in [-0.4, -0.2) is 6.61 Å². The van der Waals surface area contributed by atoms with Gasteiger partial charge in [-0.25, -0.2) is 0 Å². The van der Waals surface area contributed by atoms with E-state index in [0.29, 0.717) is 6.61 Å². The fraction of sp³-hybridized carbons (Fsp3) is 0.889. The summed E-state index contributed by atoms with van der Waals surface area (Å²) in [7, 11) is -2.65. The van der Waals surface area contributed by atoms with Gasteiger partial charge in [0.1, 0.15) is 0 Å². The van der Waals surface area contributed by atoms with Crippen molar-refractivity contribution in [3.05, 3.63) is 12.2 Å². The van der Waals surface area contributed by atoms with Crippen LogP contribution in [0.3, 0.4) is 0 Å². The Morgan fingerprint density at radius 3 is 1.54 bits per heavy atom. The van der Waals surface area contributed by atoms with Gasteiger partial charge in [0.05, 0.1) is 0 Å². The van der Waals surface area contributed by atoms with Crippen molar-refractivity contribution in [1.29, 1.82) is 0 Å². The summed E-state index contributed by atoms with van der Waals surface area (Å²) in [5.41, 5.74) is 0. The van der Waals surface area contributed by atoms with Crippen LogP contribution in [0.1, 0.15) is 96.8 Å². The molecule has 0 atom stereocenters. The molecule has 3 nitrogen and oxygen atoms in total. The molecule has 0 rings (SSSR count). The van der Waals surface area contributed by atoms with Crippen LogP contribution in [0.25, 0.3) is 0 Å². The number of hydrogen-bond donors (Lipinski definition) is 0. The molecule has 6 heteroatoms. The first-order valence-electron chi connectivity index (χ1n) is 9.19. The normalized spacial score (nSPS) is 10.8. The first kappa shape index (κ1) is 30.8. The maximum atomic E-state index is 10.2. The van der Waals surface area contributed by atoms with Crippen LogP contribution in [0.15, 0.2) is 12.2 Å². The summed E-state index contributed by atoms with van der Waals surface area (Å²) in [5.74, 6) is 0. The van der Waals surface area contributed by atoms with Gasteiger partial charge in [-0.15, -0.1) is 0 Å². The van der Waals surface area contributed by atoms with Crippen molar-refractivity contribution < 1.29 is 73.4 Å². The molecular weight excluding hydrogens is 341 g/mol. The van der Waals surface area contributed by atoms with Crippen molar-refractivity contribution in [2.24, 2.45) is 0 Å². The van der Waals surface area contributed by atoms with Crippen LogP contribution in [0.2, 0.25) is 0 Å². The van der Waals surface area contributed by atoms with Gasteiger partial charge in [0.15, 0.2) is 0 Å². The Morgan fingerprint density at radius 1 is 0.667 bits per heavy atom.